The summed E-state index contributed by atoms with van der Waals surface area (Å²) in [5.41, 5.74) is 4.21. The Bertz CT molecular complexity index is 1630. The van der Waals surface area contributed by atoms with Crippen molar-refractivity contribution in [2.75, 3.05) is 13.6 Å². The van der Waals surface area contributed by atoms with Gasteiger partial charge in [0.05, 0.1) is 5.56 Å². The molecule has 1 amide bonds. The van der Waals surface area contributed by atoms with Crippen LogP contribution in [0.25, 0.3) is 16.7 Å². The number of hydrogen-bond donors (Lipinski definition) is 1. The highest BCUT2D eigenvalue weighted by Gasteiger charge is 2.34. The van der Waals surface area contributed by atoms with Crippen LogP contribution in [0.15, 0.2) is 54.6 Å². The maximum Gasteiger partial charge on any atom is 0.254 e. The molecule has 0 fully saturated rings. The Labute approximate surface area is 255 Å². The smallest absolute Gasteiger partial charge is 0.254 e. The van der Waals surface area contributed by atoms with Gasteiger partial charge in [0.1, 0.15) is 22.5 Å². The van der Waals surface area contributed by atoms with Crippen LogP contribution in [-0.2, 0) is 10.8 Å². The average molecular weight is 583 g/mol. The van der Waals surface area contributed by atoms with E-state index in [1.165, 1.54) is 4.80 Å². The van der Waals surface area contributed by atoms with E-state index in [0.717, 1.165) is 36.0 Å². The van der Waals surface area contributed by atoms with Crippen LogP contribution in [0.3, 0.4) is 0 Å². The van der Waals surface area contributed by atoms with Crippen molar-refractivity contribution < 1.29 is 14.7 Å². The number of aromatic nitrogens is 3. The van der Waals surface area contributed by atoms with E-state index in [1.807, 2.05) is 24.3 Å². The average Bonchev–Trinajstić information content (AvgIpc) is 3.36. The zero-order valence-corrected chi connectivity index (χ0v) is 27.2. The van der Waals surface area contributed by atoms with Crippen LogP contribution in [-0.4, -0.2) is 50.8 Å². The van der Waals surface area contributed by atoms with Crippen molar-refractivity contribution in [1.29, 1.82) is 0 Å². The summed E-state index contributed by atoms with van der Waals surface area (Å²) in [6.45, 7) is 18.0. The van der Waals surface area contributed by atoms with E-state index in [-0.39, 0.29) is 28.1 Å². The lowest BCUT2D eigenvalue weighted by Gasteiger charge is -2.35. The normalized spacial score (nSPS) is 12.5. The molecule has 1 aromatic heterocycles. The maximum absolute atomic E-state index is 13.2. The second-order valence-corrected chi connectivity index (χ2v) is 14.1. The third-order valence-corrected chi connectivity index (χ3v) is 8.33. The monoisotopic (exact) mass is 582 g/mol. The number of amides is 1. The lowest BCUT2D eigenvalue weighted by molar-refractivity contribution is 0.0790. The molecule has 0 bridgehead atoms. The Kier molecular flexibility index (Phi) is 8.87. The Hall–Kier alpha value is -4.00. The molecule has 0 atom stereocenters. The fourth-order valence-corrected chi connectivity index (χ4v) is 6.15. The molecule has 1 N–H and O–H groups in total. The summed E-state index contributed by atoms with van der Waals surface area (Å²) < 4.78 is 0. The van der Waals surface area contributed by atoms with Crippen molar-refractivity contribution in [3.05, 3.63) is 82.4 Å². The van der Waals surface area contributed by atoms with Gasteiger partial charge in [0.2, 0.25) is 0 Å². The molecule has 3 aromatic carbocycles. The molecular weight excluding hydrogens is 536 g/mol. The standard InChI is InChI=1S/C36H46N4O3/c1-10-11-17-39(9)33(43)27-21-30-29(18-24(27)22-41)37-40(38-30)31-20-26(35(5,6)23-34(2,3)4)19-28(32(31)42)36(7,8)25-15-13-12-14-16-25/h12-16,18-22,42H,10-11,17,23H2,1-9H3. The van der Waals surface area contributed by atoms with Gasteiger partial charge in [-0.1, -0.05) is 98.2 Å². The second kappa shape index (κ2) is 11.9. The minimum absolute atomic E-state index is 0.0771. The van der Waals surface area contributed by atoms with Gasteiger partial charge in [0.15, 0.2) is 6.29 Å². The van der Waals surface area contributed by atoms with E-state index in [1.54, 1.807) is 24.1 Å². The molecule has 0 aliphatic carbocycles. The number of carbonyl (C=O) groups excluding carboxylic acids is 2. The number of rotatable bonds is 10. The van der Waals surface area contributed by atoms with Crippen LogP contribution in [0.1, 0.15) is 112 Å². The van der Waals surface area contributed by atoms with E-state index in [9.17, 15) is 14.7 Å². The van der Waals surface area contributed by atoms with Gasteiger partial charge >= 0.3 is 0 Å². The molecule has 0 radical (unpaired) electrons. The number of phenolic OH excluding ortho intramolecular Hbond substituents is 1. The molecule has 0 spiro atoms. The molecule has 0 aliphatic rings. The zero-order valence-electron chi connectivity index (χ0n) is 27.2. The lowest BCUT2D eigenvalue weighted by atomic mass is 9.70. The lowest BCUT2D eigenvalue weighted by Crippen LogP contribution is -2.28. The molecule has 0 aliphatic heterocycles. The number of hydrogen-bond acceptors (Lipinski definition) is 5. The molecule has 43 heavy (non-hydrogen) atoms. The second-order valence-electron chi connectivity index (χ2n) is 14.1. The Morgan fingerprint density at radius 1 is 0.930 bits per heavy atom. The van der Waals surface area contributed by atoms with E-state index in [2.05, 4.69) is 73.6 Å². The number of unbranched alkanes of at least 4 members (excludes halogenated alkanes) is 1. The number of aromatic hydroxyl groups is 1. The molecule has 228 valence electrons. The maximum atomic E-state index is 13.2. The fraction of sp³-hybridized carbons (Fsp3) is 0.444. The molecule has 4 aromatic rings. The highest BCUT2D eigenvalue weighted by molar-refractivity contribution is 6.04. The summed E-state index contributed by atoms with van der Waals surface area (Å²) in [6.07, 6.45) is 3.44. The topological polar surface area (TPSA) is 88.3 Å². The van der Waals surface area contributed by atoms with Crippen molar-refractivity contribution in [2.45, 2.75) is 85.5 Å². The van der Waals surface area contributed by atoms with Gasteiger partial charge in [-0.15, -0.1) is 15.0 Å². The summed E-state index contributed by atoms with van der Waals surface area (Å²) in [5.74, 6) is -0.136. The Morgan fingerprint density at radius 3 is 2.14 bits per heavy atom. The molecule has 0 unspecified atom stereocenters. The van der Waals surface area contributed by atoms with Crippen LogP contribution in [0.5, 0.6) is 5.75 Å². The SMILES string of the molecule is CCCCN(C)C(=O)c1cc2nn(-c3cc(C(C)(C)CC(C)(C)C)cc(C(C)(C)c4ccccc4)c3O)nc2cc1C=O. The summed E-state index contributed by atoms with van der Waals surface area (Å²) >= 11 is 0. The van der Waals surface area contributed by atoms with Crippen molar-refractivity contribution >= 4 is 23.2 Å². The van der Waals surface area contributed by atoms with Crippen LogP contribution in [0.2, 0.25) is 0 Å². The first-order chi connectivity index (χ1) is 20.1. The molecule has 0 saturated heterocycles. The van der Waals surface area contributed by atoms with E-state index in [0.29, 0.717) is 35.1 Å². The third-order valence-electron chi connectivity index (χ3n) is 8.33. The van der Waals surface area contributed by atoms with E-state index in [4.69, 9.17) is 10.2 Å². The molecule has 4 rings (SSSR count). The predicted octanol–water partition coefficient (Wildman–Crippen LogP) is 7.85. The van der Waals surface area contributed by atoms with Gasteiger partial charge in [-0.3, -0.25) is 9.59 Å². The zero-order chi connectivity index (χ0) is 31.7. The van der Waals surface area contributed by atoms with Crippen LogP contribution < -0.4 is 0 Å². The van der Waals surface area contributed by atoms with Gasteiger partial charge < -0.3 is 10.0 Å². The first-order valence-corrected chi connectivity index (χ1v) is 15.1. The number of fused-ring (bicyclic) bond motifs is 1. The van der Waals surface area contributed by atoms with Gasteiger partial charge in [0, 0.05) is 30.1 Å². The predicted molar refractivity (Wildman–Crippen MR) is 173 cm³/mol. The molecule has 7 heteroatoms. The highest BCUT2D eigenvalue weighted by atomic mass is 16.3. The first kappa shape index (κ1) is 31.9. The van der Waals surface area contributed by atoms with Crippen LogP contribution in [0.4, 0.5) is 0 Å². The quantitative estimate of drug-likeness (QED) is 0.192. The van der Waals surface area contributed by atoms with Gasteiger partial charge in [-0.25, -0.2) is 0 Å². The van der Waals surface area contributed by atoms with E-state index >= 15 is 0 Å². The Morgan fingerprint density at radius 2 is 1.56 bits per heavy atom. The number of nitrogens with zero attached hydrogens (tertiary/aromatic N) is 4. The van der Waals surface area contributed by atoms with E-state index < -0.39 is 5.41 Å². The molecule has 0 saturated carbocycles. The summed E-state index contributed by atoms with van der Waals surface area (Å²) in [7, 11) is 1.74. The van der Waals surface area contributed by atoms with Crippen LogP contribution in [0, 0.1) is 5.41 Å². The Balaban J connectivity index is 1.93. The summed E-state index contributed by atoms with van der Waals surface area (Å²) in [4.78, 5) is 28.3. The fourth-order valence-electron chi connectivity index (χ4n) is 6.15. The molecule has 7 nitrogen and oxygen atoms in total. The first-order valence-electron chi connectivity index (χ1n) is 15.1. The minimum atomic E-state index is -0.520. The van der Waals surface area contributed by atoms with Crippen LogP contribution >= 0.6 is 0 Å². The van der Waals surface area contributed by atoms with Gasteiger partial charge in [-0.2, -0.15) is 0 Å². The minimum Gasteiger partial charge on any atom is -0.505 e. The third kappa shape index (κ3) is 6.66. The number of aldehydes is 1. The van der Waals surface area contributed by atoms with Gasteiger partial charge in [0.25, 0.3) is 5.91 Å². The molecular formula is C36H46N4O3. The molecule has 1 heterocycles. The number of carbonyl (C=O) groups is 2. The van der Waals surface area contributed by atoms with Crippen molar-refractivity contribution in [3.63, 3.8) is 0 Å². The van der Waals surface area contributed by atoms with Crippen molar-refractivity contribution in [2.24, 2.45) is 5.41 Å². The number of phenols is 1. The number of benzene rings is 3. The highest BCUT2D eigenvalue weighted by Crippen LogP contribution is 2.44. The van der Waals surface area contributed by atoms with Crippen molar-refractivity contribution in [3.8, 4) is 11.4 Å². The summed E-state index contributed by atoms with van der Waals surface area (Å²) in [6, 6.07) is 17.5. The largest absolute Gasteiger partial charge is 0.505 e. The van der Waals surface area contributed by atoms with Crippen molar-refractivity contribution in [1.82, 2.24) is 19.9 Å². The van der Waals surface area contributed by atoms with Gasteiger partial charge in [-0.05, 0) is 53.0 Å². The summed E-state index contributed by atoms with van der Waals surface area (Å²) in [5, 5.41) is 21.3.